The van der Waals surface area contributed by atoms with Gasteiger partial charge < -0.3 is 0 Å². The van der Waals surface area contributed by atoms with E-state index in [1.807, 2.05) is 0 Å². The van der Waals surface area contributed by atoms with Gasteiger partial charge >= 0.3 is 151 Å². The average molecular weight is 427 g/mol. The molecule has 1 radical (unpaired) electrons. The Morgan fingerprint density at radius 2 is 1.83 bits per heavy atom. The molecule has 7 heteroatoms. The van der Waals surface area contributed by atoms with Crippen molar-refractivity contribution in [3.63, 3.8) is 0 Å². The van der Waals surface area contributed by atoms with Crippen molar-refractivity contribution in [3.8, 4) is 17.2 Å². The van der Waals surface area contributed by atoms with E-state index >= 15 is 0 Å². The Labute approximate surface area is 150 Å². The fourth-order valence-corrected chi connectivity index (χ4v) is 5.07. The first-order chi connectivity index (χ1) is 11.7. The van der Waals surface area contributed by atoms with Crippen molar-refractivity contribution in [2.24, 2.45) is 0 Å². The molecular weight excluding hydrogens is 411 g/mol. The van der Waals surface area contributed by atoms with Gasteiger partial charge in [0.15, 0.2) is 0 Å². The summed E-state index contributed by atoms with van der Waals surface area (Å²) in [6.07, 6.45) is 3.62. The van der Waals surface area contributed by atoms with E-state index in [9.17, 15) is 4.79 Å². The molecule has 0 saturated carbocycles. The first kappa shape index (κ1) is 16.7. The number of methoxy groups -OCH3 is 3. The predicted molar refractivity (Wildman–Crippen MR) is 91.0 cm³/mol. The summed E-state index contributed by atoms with van der Waals surface area (Å²) in [5.41, 5.74) is 1.93. The third kappa shape index (κ3) is 3.08. The number of benzene rings is 1. The molecule has 0 spiro atoms. The zero-order valence-corrected chi connectivity index (χ0v) is 16.9. The van der Waals surface area contributed by atoms with E-state index in [0.717, 1.165) is 11.4 Å². The number of ketones is 1. The summed E-state index contributed by atoms with van der Waals surface area (Å²) in [4.78, 5) is 20.2. The standard InChI is InChI=1S/C17H16N2O4.In/c1-6-10(2)17-18-9-12(19-17)15(20)11-7-13(21-3)16(23-5)14(8-11)22-4;/h1-2,6-9H,3-5H3,(H,18,19);. The van der Waals surface area contributed by atoms with Crippen LogP contribution in [0, 0.1) is 0 Å². The zero-order valence-electron chi connectivity index (χ0n) is 13.6. The Morgan fingerprint density at radius 1 is 1.12 bits per heavy atom. The fraction of sp³-hybridized carbons (Fsp3) is 0.176. The number of carbonyl (C=O) groups is 1. The van der Waals surface area contributed by atoms with E-state index in [1.165, 1.54) is 21.3 Å². The number of aromatic amines is 1. The van der Waals surface area contributed by atoms with Gasteiger partial charge in [0.1, 0.15) is 0 Å². The average Bonchev–Trinajstić information content (AvgIpc) is 3.30. The Hall–Kier alpha value is -2.15. The summed E-state index contributed by atoms with van der Waals surface area (Å²) in [5, 5.41) is 0. The molecule has 121 valence electrons. The van der Waals surface area contributed by atoms with Crippen molar-refractivity contribution in [2.75, 3.05) is 21.3 Å². The Bertz CT molecular complexity index is 814. The normalized spacial score (nSPS) is 12.5. The van der Waals surface area contributed by atoms with Crippen LogP contribution in [-0.4, -0.2) is 60.0 Å². The van der Waals surface area contributed by atoms with Gasteiger partial charge in [-0.05, 0) is 0 Å². The molecule has 1 aromatic carbocycles. The maximum atomic E-state index is 12.8. The molecule has 24 heavy (non-hydrogen) atoms. The van der Waals surface area contributed by atoms with Gasteiger partial charge in [-0.15, -0.1) is 0 Å². The van der Waals surface area contributed by atoms with E-state index in [1.54, 1.807) is 18.3 Å². The zero-order chi connectivity index (χ0) is 17.1. The molecule has 0 bridgehead atoms. The molecule has 1 N–H and O–H groups in total. The van der Waals surface area contributed by atoms with Gasteiger partial charge in [-0.25, -0.2) is 0 Å². The summed E-state index contributed by atoms with van der Waals surface area (Å²) in [6, 6.07) is 3.27. The first-order valence-electron chi connectivity index (χ1n) is 7.29. The Kier molecular flexibility index (Phi) is 4.99. The summed E-state index contributed by atoms with van der Waals surface area (Å²) in [5.74, 6) is 1.88. The first-order valence-corrected chi connectivity index (χ1v) is 11.1. The molecule has 0 saturated heterocycles. The molecule has 2 aromatic rings. The molecule has 1 aliphatic heterocycles. The van der Waals surface area contributed by atoms with E-state index in [2.05, 4.69) is 23.7 Å². The Morgan fingerprint density at radius 3 is 2.38 bits per heavy atom. The van der Waals surface area contributed by atoms with Gasteiger partial charge in [-0.3, -0.25) is 0 Å². The minimum atomic E-state index is -0.691. The number of allylic oxidation sites excluding steroid dienone is 2. The van der Waals surface area contributed by atoms with Crippen LogP contribution in [-0.2, 0) is 0 Å². The molecular formula is C17H16InN2O4. The predicted octanol–water partition coefficient (Wildman–Crippen LogP) is 2.24. The van der Waals surface area contributed by atoms with Gasteiger partial charge in [0.05, 0.1) is 0 Å². The third-order valence-electron chi connectivity index (χ3n) is 3.68. The summed E-state index contributed by atoms with van der Waals surface area (Å²) < 4.78 is 20.3. The quantitative estimate of drug-likeness (QED) is 0.717. The molecule has 0 atom stereocenters. The van der Waals surface area contributed by atoms with Crippen LogP contribution in [0.5, 0.6) is 17.2 Å². The van der Waals surface area contributed by atoms with Crippen molar-refractivity contribution < 1.29 is 19.0 Å². The molecule has 1 aromatic heterocycles. The summed E-state index contributed by atoms with van der Waals surface area (Å²) >= 11 is -0.691. The van der Waals surface area contributed by atoms with E-state index in [4.69, 9.17) is 14.2 Å². The molecule has 0 aliphatic carbocycles. The van der Waals surface area contributed by atoms with Crippen LogP contribution in [0.25, 0.3) is 5.57 Å². The van der Waals surface area contributed by atoms with Crippen molar-refractivity contribution >= 4 is 34.3 Å². The number of nitrogens with zero attached hydrogens (tertiary/aromatic N) is 1. The molecule has 3 rings (SSSR count). The van der Waals surface area contributed by atoms with E-state index < -0.39 is 22.9 Å². The van der Waals surface area contributed by atoms with Crippen LogP contribution in [0.15, 0.2) is 32.1 Å². The van der Waals surface area contributed by atoms with Crippen LogP contribution in [0.3, 0.4) is 0 Å². The second kappa shape index (κ2) is 7.17. The molecule has 0 amide bonds. The van der Waals surface area contributed by atoms with Crippen molar-refractivity contribution in [2.45, 2.75) is 0 Å². The fourth-order valence-electron chi connectivity index (χ4n) is 2.48. The number of carbonyl (C=O) groups excluding carboxylic acids is 1. The van der Waals surface area contributed by atoms with Crippen LogP contribution in [0.4, 0.5) is 0 Å². The second-order valence-corrected chi connectivity index (χ2v) is 8.21. The number of hydrogen-bond acceptors (Lipinski definition) is 5. The van der Waals surface area contributed by atoms with E-state index in [0.29, 0.717) is 28.5 Å². The summed E-state index contributed by atoms with van der Waals surface area (Å²) in [6.45, 7) is 0. The molecule has 0 unspecified atom stereocenters. The topological polar surface area (TPSA) is 73.4 Å². The monoisotopic (exact) mass is 427 g/mol. The number of imidazole rings is 1. The summed E-state index contributed by atoms with van der Waals surface area (Å²) in [7, 11) is 4.56. The van der Waals surface area contributed by atoms with Gasteiger partial charge in [0.25, 0.3) is 0 Å². The van der Waals surface area contributed by atoms with Crippen LogP contribution in [0.1, 0.15) is 21.9 Å². The minimum absolute atomic E-state index is 0.183. The van der Waals surface area contributed by atoms with Crippen LogP contribution in [0.2, 0.25) is 0 Å². The van der Waals surface area contributed by atoms with Crippen molar-refractivity contribution in [3.05, 3.63) is 49.2 Å². The second-order valence-electron chi connectivity index (χ2n) is 5.06. The van der Waals surface area contributed by atoms with Crippen molar-refractivity contribution in [1.82, 2.24) is 9.97 Å². The number of ether oxygens (including phenoxy) is 3. The van der Waals surface area contributed by atoms with Crippen LogP contribution >= 0.6 is 0 Å². The van der Waals surface area contributed by atoms with Gasteiger partial charge in [0, 0.05) is 0 Å². The number of rotatable bonds is 6. The van der Waals surface area contributed by atoms with E-state index in [-0.39, 0.29) is 5.78 Å². The molecule has 1 aliphatic rings. The number of hydrogen-bond donors (Lipinski definition) is 1. The number of nitrogens with one attached hydrogen (secondary N) is 1. The van der Waals surface area contributed by atoms with Crippen LogP contribution < -0.4 is 14.2 Å². The van der Waals surface area contributed by atoms with Gasteiger partial charge in [0.2, 0.25) is 0 Å². The number of H-pyrrole nitrogens is 1. The SMILES string of the molecule is COc1cc(C(=O)c2cnc(C3=[CH][In][CH]=C3)[nH]2)cc(OC)c1OC. The number of aromatic nitrogens is 2. The van der Waals surface area contributed by atoms with Gasteiger partial charge in [-0.1, -0.05) is 0 Å². The van der Waals surface area contributed by atoms with Crippen molar-refractivity contribution in [1.29, 1.82) is 0 Å². The molecule has 6 nitrogen and oxygen atoms in total. The van der Waals surface area contributed by atoms with Gasteiger partial charge in [-0.2, -0.15) is 0 Å². The Balaban J connectivity index is 1.96. The maximum absolute atomic E-state index is 12.8. The molecule has 2 heterocycles. The molecule has 0 fully saturated rings. The third-order valence-corrected chi connectivity index (χ3v) is 6.44.